The molecular weight excluding hydrogens is 384 g/mol. The van der Waals surface area contributed by atoms with Crippen LogP contribution >= 0.6 is 11.3 Å². The quantitative estimate of drug-likeness (QED) is 0.534. The van der Waals surface area contributed by atoms with Gasteiger partial charge in [-0.3, -0.25) is 9.59 Å². The molecule has 146 valence electrons. The van der Waals surface area contributed by atoms with Crippen molar-refractivity contribution < 1.29 is 4.79 Å². The van der Waals surface area contributed by atoms with Crippen molar-refractivity contribution >= 4 is 27.5 Å². The summed E-state index contributed by atoms with van der Waals surface area (Å²) in [6.07, 6.45) is 0. The number of hydrogen-bond acceptors (Lipinski definition) is 5. The van der Waals surface area contributed by atoms with Crippen LogP contribution < -0.4 is 10.9 Å². The van der Waals surface area contributed by atoms with E-state index < -0.39 is 0 Å². The minimum absolute atomic E-state index is 0.0755. The number of amides is 1. The molecule has 0 radical (unpaired) electrons. The molecule has 0 fully saturated rings. The van der Waals surface area contributed by atoms with E-state index in [2.05, 4.69) is 15.4 Å². The number of nitrogens with zero attached hydrogens (tertiary/aromatic N) is 3. The molecule has 4 aromatic rings. The van der Waals surface area contributed by atoms with Crippen LogP contribution in [0.2, 0.25) is 0 Å². The third kappa shape index (κ3) is 4.41. The first-order chi connectivity index (χ1) is 14.1. The molecule has 0 aliphatic rings. The van der Waals surface area contributed by atoms with E-state index in [0.29, 0.717) is 13.1 Å². The highest BCUT2D eigenvalue weighted by atomic mass is 32.1. The topological polar surface area (TPSA) is 76.9 Å². The van der Waals surface area contributed by atoms with Crippen molar-refractivity contribution in [2.75, 3.05) is 6.54 Å². The summed E-state index contributed by atoms with van der Waals surface area (Å²) < 4.78 is 2.44. The summed E-state index contributed by atoms with van der Waals surface area (Å²) >= 11 is 1.64. The first-order valence-corrected chi connectivity index (χ1v) is 10.2. The number of aromatic nitrogens is 3. The van der Waals surface area contributed by atoms with Gasteiger partial charge in [-0.2, -0.15) is 5.10 Å². The Morgan fingerprint density at radius 1 is 1.07 bits per heavy atom. The Kier molecular flexibility index (Phi) is 5.48. The van der Waals surface area contributed by atoms with Crippen LogP contribution in [0.25, 0.3) is 10.2 Å². The van der Waals surface area contributed by atoms with Crippen LogP contribution in [-0.2, 0) is 6.54 Å². The Morgan fingerprint density at radius 2 is 1.83 bits per heavy atom. The third-order valence-corrected chi connectivity index (χ3v) is 5.84. The summed E-state index contributed by atoms with van der Waals surface area (Å²) in [5.41, 5.74) is 1.90. The summed E-state index contributed by atoms with van der Waals surface area (Å²) in [5, 5.41) is 8.11. The summed E-state index contributed by atoms with van der Waals surface area (Å²) in [4.78, 5) is 29.3. The minimum atomic E-state index is -0.306. The molecule has 4 rings (SSSR count). The molecular formula is C22H20N4O2S. The Bertz CT molecular complexity index is 1170. The fourth-order valence-corrected chi connectivity index (χ4v) is 3.98. The fourth-order valence-electron chi connectivity index (χ4n) is 2.96. The predicted octanol–water partition coefficient (Wildman–Crippen LogP) is 3.43. The molecule has 1 amide bonds. The Hall–Kier alpha value is -3.32. The second kappa shape index (κ2) is 8.36. The zero-order valence-electron chi connectivity index (χ0n) is 15.9. The summed E-state index contributed by atoms with van der Waals surface area (Å²) in [5.74, 6) is -0.230. The maximum absolute atomic E-state index is 12.6. The van der Waals surface area contributed by atoms with E-state index in [1.165, 1.54) is 16.8 Å². The second-order valence-corrected chi connectivity index (χ2v) is 7.89. The molecule has 1 atom stereocenters. The molecule has 2 aromatic carbocycles. The van der Waals surface area contributed by atoms with Crippen molar-refractivity contribution in [1.29, 1.82) is 0 Å². The highest BCUT2D eigenvalue weighted by Gasteiger charge is 2.15. The normalized spacial score (nSPS) is 12.0. The van der Waals surface area contributed by atoms with Crippen LogP contribution in [0.1, 0.15) is 33.9 Å². The van der Waals surface area contributed by atoms with E-state index in [9.17, 15) is 9.59 Å². The largest absolute Gasteiger partial charge is 0.350 e. The minimum Gasteiger partial charge on any atom is -0.350 e. The van der Waals surface area contributed by atoms with Gasteiger partial charge in [0.1, 0.15) is 5.69 Å². The molecule has 2 aromatic heterocycles. The van der Waals surface area contributed by atoms with Crippen molar-refractivity contribution in [2.24, 2.45) is 0 Å². The average Bonchev–Trinajstić information content (AvgIpc) is 3.18. The first kappa shape index (κ1) is 19.0. The lowest BCUT2D eigenvalue weighted by atomic mass is 10.2. The summed E-state index contributed by atoms with van der Waals surface area (Å²) in [6.45, 7) is 2.79. The van der Waals surface area contributed by atoms with Crippen LogP contribution in [0, 0.1) is 0 Å². The standard InChI is InChI=1S/C22H20N4O2S/c1-15(22-24-17-9-5-6-10-19(17)29-22)13-23-21(28)18-11-12-20(27)26(25-18)14-16-7-3-2-4-8-16/h2-12,15H,13-14H2,1H3,(H,23,28)/t15-/m0/s1. The van der Waals surface area contributed by atoms with E-state index >= 15 is 0 Å². The highest BCUT2D eigenvalue weighted by molar-refractivity contribution is 7.18. The van der Waals surface area contributed by atoms with Crippen molar-refractivity contribution in [3.8, 4) is 0 Å². The van der Waals surface area contributed by atoms with Crippen LogP contribution in [0.4, 0.5) is 0 Å². The smallest absolute Gasteiger partial charge is 0.271 e. The number of rotatable bonds is 6. The number of nitrogens with one attached hydrogen (secondary N) is 1. The molecule has 6 nitrogen and oxygen atoms in total. The monoisotopic (exact) mass is 404 g/mol. The van der Waals surface area contributed by atoms with Crippen molar-refractivity contribution in [2.45, 2.75) is 19.4 Å². The number of carbonyl (C=O) groups is 1. The zero-order chi connectivity index (χ0) is 20.2. The molecule has 0 spiro atoms. The maximum Gasteiger partial charge on any atom is 0.271 e. The average molecular weight is 404 g/mol. The molecule has 0 aliphatic heterocycles. The van der Waals surface area contributed by atoms with Crippen LogP contribution in [0.5, 0.6) is 0 Å². The van der Waals surface area contributed by atoms with E-state index in [0.717, 1.165) is 20.8 Å². The van der Waals surface area contributed by atoms with Crippen molar-refractivity contribution in [3.63, 3.8) is 0 Å². The van der Waals surface area contributed by atoms with E-state index in [1.54, 1.807) is 11.3 Å². The Balaban J connectivity index is 1.44. The highest BCUT2D eigenvalue weighted by Crippen LogP contribution is 2.26. The number of hydrogen-bond donors (Lipinski definition) is 1. The molecule has 7 heteroatoms. The van der Waals surface area contributed by atoms with Gasteiger partial charge in [0.25, 0.3) is 11.5 Å². The lowest BCUT2D eigenvalue weighted by Crippen LogP contribution is -2.31. The third-order valence-electron chi connectivity index (χ3n) is 4.58. The first-order valence-electron chi connectivity index (χ1n) is 9.36. The Morgan fingerprint density at radius 3 is 2.62 bits per heavy atom. The van der Waals surface area contributed by atoms with Gasteiger partial charge in [0.15, 0.2) is 0 Å². The number of fused-ring (bicyclic) bond motifs is 1. The molecule has 0 aliphatic carbocycles. The lowest BCUT2D eigenvalue weighted by molar-refractivity contribution is 0.0944. The number of benzene rings is 2. The van der Waals surface area contributed by atoms with Gasteiger partial charge in [-0.1, -0.05) is 49.4 Å². The van der Waals surface area contributed by atoms with E-state index in [-0.39, 0.29) is 23.1 Å². The number of thiazole rings is 1. The Labute approximate surface area is 171 Å². The molecule has 2 heterocycles. The summed E-state index contributed by atoms with van der Waals surface area (Å²) in [6, 6.07) is 20.4. The SMILES string of the molecule is C[C@@H](CNC(=O)c1ccc(=O)n(Cc2ccccc2)n1)c1nc2ccccc2s1. The molecule has 0 saturated carbocycles. The van der Waals surface area contributed by atoms with Gasteiger partial charge in [-0.25, -0.2) is 9.67 Å². The van der Waals surface area contributed by atoms with Gasteiger partial charge in [0.05, 0.1) is 21.8 Å². The predicted molar refractivity (Wildman–Crippen MR) is 114 cm³/mol. The van der Waals surface area contributed by atoms with E-state index in [4.69, 9.17) is 0 Å². The zero-order valence-corrected chi connectivity index (χ0v) is 16.7. The van der Waals surface area contributed by atoms with Gasteiger partial charge in [0.2, 0.25) is 0 Å². The molecule has 1 N–H and O–H groups in total. The van der Waals surface area contributed by atoms with Gasteiger partial charge >= 0.3 is 0 Å². The fraction of sp³-hybridized carbons (Fsp3) is 0.182. The summed E-state index contributed by atoms with van der Waals surface area (Å²) in [7, 11) is 0. The molecule has 0 saturated heterocycles. The number of para-hydroxylation sites is 1. The second-order valence-electron chi connectivity index (χ2n) is 6.83. The van der Waals surface area contributed by atoms with Gasteiger partial charge in [0, 0.05) is 18.5 Å². The van der Waals surface area contributed by atoms with Gasteiger partial charge in [-0.05, 0) is 23.8 Å². The molecule has 0 bridgehead atoms. The molecule has 29 heavy (non-hydrogen) atoms. The lowest BCUT2D eigenvalue weighted by Gasteiger charge is -2.11. The number of carbonyl (C=O) groups excluding carboxylic acids is 1. The van der Waals surface area contributed by atoms with Crippen LogP contribution in [0.15, 0.2) is 71.5 Å². The van der Waals surface area contributed by atoms with Gasteiger partial charge < -0.3 is 5.32 Å². The van der Waals surface area contributed by atoms with Crippen molar-refractivity contribution in [1.82, 2.24) is 20.1 Å². The van der Waals surface area contributed by atoms with Gasteiger partial charge in [-0.15, -0.1) is 11.3 Å². The van der Waals surface area contributed by atoms with Crippen LogP contribution in [-0.4, -0.2) is 27.2 Å². The van der Waals surface area contributed by atoms with E-state index in [1.807, 2.05) is 61.5 Å². The van der Waals surface area contributed by atoms with Crippen molar-refractivity contribution in [3.05, 3.63) is 93.3 Å². The van der Waals surface area contributed by atoms with Crippen LogP contribution in [0.3, 0.4) is 0 Å². The molecule has 0 unspecified atom stereocenters. The maximum atomic E-state index is 12.6.